The van der Waals surface area contributed by atoms with Gasteiger partial charge >= 0.3 is 0 Å². The zero-order valence-corrected chi connectivity index (χ0v) is 12.4. The van der Waals surface area contributed by atoms with Gasteiger partial charge in [0.15, 0.2) is 0 Å². The topological polar surface area (TPSA) is 28.2 Å². The van der Waals surface area contributed by atoms with Crippen LogP contribution in [0, 0.1) is 0 Å². The molecule has 2 heterocycles. The van der Waals surface area contributed by atoms with E-state index < -0.39 is 0 Å². The Morgan fingerprint density at radius 1 is 1.32 bits per heavy atom. The molecule has 3 nitrogen and oxygen atoms in total. The van der Waals surface area contributed by atoms with E-state index in [1.807, 2.05) is 0 Å². The highest BCUT2D eigenvalue weighted by molar-refractivity contribution is 5.36. The van der Waals surface area contributed by atoms with Crippen molar-refractivity contribution in [1.29, 1.82) is 0 Å². The second kappa shape index (κ2) is 7.49. The standard InChI is InChI=1S/C16H27N3/c1-3-5-11-19-12-6-7-15(19)14-8-9-16(18-13-14)17-10-4-2/h8-9,13,15H,3-7,10-12H2,1-2H3,(H,17,18)/t15-/m0/s1. The molecule has 1 aliphatic heterocycles. The third-order valence-corrected chi connectivity index (χ3v) is 3.89. The van der Waals surface area contributed by atoms with Crippen LogP contribution in [-0.4, -0.2) is 29.5 Å². The summed E-state index contributed by atoms with van der Waals surface area (Å²) in [6, 6.07) is 4.97. The van der Waals surface area contributed by atoms with Gasteiger partial charge in [-0.3, -0.25) is 4.90 Å². The van der Waals surface area contributed by atoms with Gasteiger partial charge in [0.2, 0.25) is 0 Å². The molecule has 0 saturated carbocycles. The van der Waals surface area contributed by atoms with E-state index in [0.29, 0.717) is 6.04 Å². The molecular weight excluding hydrogens is 234 g/mol. The molecular formula is C16H27N3. The number of aromatic nitrogens is 1. The molecule has 1 saturated heterocycles. The summed E-state index contributed by atoms with van der Waals surface area (Å²) >= 11 is 0. The lowest BCUT2D eigenvalue weighted by atomic mass is 10.1. The van der Waals surface area contributed by atoms with Gasteiger partial charge in [-0.15, -0.1) is 0 Å². The first-order chi connectivity index (χ1) is 9.35. The van der Waals surface area contributed by atoms with E-state index in [1.54, 1.807) is 0 Å². The molecule has 0 spiro atoms. The number of hydrogen-bond donors (Lipinski definition) is 1. The smallest absolute Gasteiger partial charge is 0.125 e. The average Bonchev–Trinajstić information content (AvgIpc) is 2.92. The van der Waals surface area contributed by atoms with Gasteiger partial charge in [-0.1, -0.05) is 26.3 Å². The lowest BCUT2D eigenvalue weighted by Gasteiger charge is -2.24. The first kappa shape index (κ1) is 14.3. The van der Waals surface area contributed by atoms with Crippen LogP contribution < -0.4 is 5.32 Å². The summed E-state index contributed by atoms with van der Waals surface area (Å²) < 4.78 is 0. The number of pyridine rings is 1. The molecule has 0 aliphatic carbocycles. The molecule has 0 aromatic carbocycles. The van der Waals surface area contributed by atoms with Crippen LogP contribution in [0.25, 0.3) is 0 Å². The summed E-state index contributed by atoms with van der Waals surface area (Å²) in [5.41, 5.74) is 1.38. The maximum Gasteiger partial charge on any atom is 0.125 e. The fourth-order valence-electron chi connectivity index (χ4n) is 2.79. The first-order valence-electron chi connectivity index (χ1n) is 7.79. The molecule has 0 amide bonds. The number of rotatable bonds is 7. The Kier molecular flexibility index (Phi) is 5.64. The van der Waals surface area contributed by atoms with Crippen molar-refractivity contribution in [3.05, 3.63) is 23.9 Å². The van der Waals surface area contributed by atoms with E-state index in [9.17, 15) is 0 Å². The summed E-state index contributed by atoms with van der Waals surface area (Å²) in [7, 11) is 0. The molecule has 1 aliphatic rings. The predicted octanol–water partition coefficient (Wildman–Crippen LogP) is 3.84. The third kappa shape index (κ3) is 3.93. The summed E-state index contributed by atoms with van der Waals surface area (Å²) in [5, 5.41) is 3.33. The second-order valence-corrected chi connectivity index (χ2v) is 5.45. The normalized spacial score (nSPS) is 19.8. The third-order valence-electron chi connectivity index (χ3n) is 3.89. The molecule has 0 unspecified atom stereocenters. The van der Waals surface area contributed by atoms with Gasteiger partial charge in [0, 0.05) is 18.8 Å². The summed E-state index contributed by atoms with van der Waals surface area (Å²) in [4.78, 5) is 7.16. The molecule has 1 fully saturated rings. The lowest BCUT2D eigenvalue weighted by Crippen LogP contribution is -2.24. The molecule has 1 N–H and O–H groups in total. The van der Waals surface area contributed by atoms with E-state index in [0.717, 1.165) is 18.8 Å². The highest BCUT2D eigenvalue weighted by atomic mass is 15.2. The zero-order chi connectivity index (χ0) is 13.5. The van der Waals surface area contributed by atoms with Gasteiger partial charge in [-0.25, -0.2) is 4.98 Å². The Bertz CT molecular complexity index is 361. The molecule has 106 valence electrons. The summed E-state index contributed by atoms with van der Waals surface area (Å²) in [5.74, 6) is 1.00. The molecule has 0 bridgehead atoms. The number of unbranched alkanes of at least 4 members (excludes halogenated alkanes) is 1. The summed E-state index contributed by atoms with van der Waals surface area (Å²) in [6.07, 6.45) is 8.39. The molecule has 19 heavy (non-hydrogen) atoms. The van der Waals surface area contributed by atoms with Crippen LogP contribution in [0.15, 0.2) is 18.3 Å². The van der Waals surface area contributed by atoms with E-state index in [1.165, 1.54) is 44.3 Å². The van der Waals surface area contributed by atoms with Gasteiger partial charge in [0.1, 0.15) is 5.82 Å². The Hall–Kier alpha value is -1.09. The first-order valence-corrected chi connectivity index (χ1v) is 7.79. The van der Waals surface area contributed by atoms with Gasteiger partial charge in [0.25, 0.3) is 0 Å². The van der Waals surface area contributed by atoms with Crippen LogP contribution in [0.5, 0.6) is 0 Å². The highest BCUT2D eigenvalue weighted by Gasteiger charge is 2.25. The van der Waals surface area contributed by atoms with Crippen molar-refractivity contribution in [2.45, 2.75) is 52.0 Å². The van der Waals surface area contributed by atoms with Crippen molar-refractivity contribution in [3.63, 3.8) is 0 Å². The maximum atomic E-state index is 4.54. The van der Waals surface area contributed by atoms with Crippen molar-refractivity contribution < 1.29 is 0 Å². The number of anilines is 1. The van der Waals surface area contributed by atoms with Gasteiger partial charge in [-0.05, 0) is 50.4 Å². The molecule has 1 aromatic heterocycles. The quantitative estimate of drug-likeness (QED) is 0.808. The molecule has 2 rings (SSSR count). The van der Waals surface area contributed by atoms with E-state index >= 15 is 0 Å². The van der Waals surface area contributed by atoms with Crippen LogP contribution >= 0.6 is 0 Å². The predicted molar refractivity (Wildman–Crippen MR) is 81.5 cm³/mol. The van der Waals surface area contributed by atoms with Crippen LogP contribution in [0.3, 0.4) is 0 Å². The van der Waals surface area contributed by atoms with Gasteiger partial charge in [0.05, 0.1) is 0 Å². The second-order valence-electron chi connectivity index (χ2n) is 5.45. The number of nitrogens with zero attached hydrogens (tertiary/aromatic N) is 2. The molecule has 3 heteroatoms. The fraction of sp³-hybridized carbons (Fsp3) is 0.688. The van der Waals surface area contributed by atoms with E-state index in [4.69, 9.17) is 0 Å². The fourth-order valence-corrected chi connectivity index (χ4v) is 2.79. The Balaban J connectivity index is 1.96. The molecule has 1 atom stereocenters. The Morgan fingerprint density at radius 3 is 2.89 bits per heavy atom. The van der Waals surface area contributed by atoms with Gasteiger partial charge < -0.3 is 5.32 Å². The number of nitrogens with one attached hydrogen (secondary N) is 1. The van der Waals surface area contributed by atoms with Crippen molar-refractivity contribution in [1.82, 2.24) is 9.88 Å². The minimum atomic E-state index is 0.597. The highest BCUT2D eigenvalue weighted by Crippen LogP contribution is 2.31. The van der Waals surface area contributed by atoms with Crippen molar-refractivity contribution in [2.24, 2.45) is 0 Å². The van der Waals surface area contributed by atoms with E-state index in [-0.39, 0.29) is 0 Å². The maximum absolute atomic E-state index is 4.54. The minimum Gasteiger partial charge on any atom is -0.370 e. The van der Waals surface area contributed by atoms with Crippen molar-refractivity contribution in [2.75, 3.05) is 25.0 Å². The Morgan fingerprint density at radius 2 is 2.21 bits per heavy atom. The number of likely N-dealkylation sites (tertiary alicyclic amines) is 1. The van der Waals surface area contributed by atoms with Gasteiger partial charge in [-0.2, -0.15) is 0 Å². The zero-order valence-electron chi connectivity index (χ0n) is 12.4. The van der Waals surface area contributed by atoms with E-state index in [2.05, 4.69) is 47.4 Å². The number of hydrogen-bond acceptors (Lipinski definition) is 3. The molecule has 1 aromatic rings. The van der Waals surface area contributed by atoms with Crippen LogP contribution in [0.4, 0.5) is 5.82 Å². The lowest BCUT2D eigenvalue weighted by molar-refractivity contribution is 0.253. The largest absolute Gasteiger partial charge is 0.370 e. The minimum absolute atomic E-state index is 0.597. The van der Waals surface area contributed by atoms with Crippen LogP contribution in [0.1, 0.15) is 57.6 Å². The van der Waals surface area contributed by atoms with Crippen molar-refractivity contribution in [3.8, 4) is 0 Å². The van der Waals surface area contributed by atoms with Crippen LogP contribution in [-0.2, 0) is 0 Å². The molecule has 0 radical (unpaired) electrons. The SMILES string of the molecule is CCCCN1CCC[C@H]1c1ccc(NCCC)nc1. The van der Waals surface area contributed by atoms with Crippen LogP contribution in [0.2, 0.25) is 0 Å². The average molecular weight is 261 g/mol. The summed E-state index contributed by atoms with van der Waals surface area (Å²) in [6.45, 7) is 7.92. The van der Waals surface area contributed by atoms with Crippen molar-refractivity contribution >= 4 is 5.82 Å². The monoisotopic (exact) mass is 261 g/mol. The Labute approximate surface area is 117 Å².